The summed E-state index contributed by atoms with van der Waals surface area (Å²) in [6, 6.07) is 13.6. The van der Waals surface area contributed by atoms with E-state index in [4.69, 9.17) is 21.2 Å². The van der Waals surface area contributed by atoms with Crippen molar-refractivity contribution < 1.29 is 19.2 Å². The first-order chi connectivity index (χ1) is 12.1. The summed E-state index contributed by atoms with van der Waals surface area (Å²) in [6.07, 6.45) is 1.45. The Morgan fingerprint density at radius 3 is 2.52 bits per heavy atom. The average molecular weight is 362 g/mol. The van der Waals surface area contributed by atoms with Crippen molar-refractivity contribution in [1.82, 2.24) is 10.9 Å². The molecule has 8 heteroatoms. The van der Waals surface area contributed by atoms with Gasteiger partial charge in [-0.3, -0.25) is 20.4 Å². The molecule has 0 aliphatic rings. The van der Waals surface area contributed by atoms with Gasteiger partial charge in [-0.2, -0.15) is 0 Å². The second-order valence-corrected chi connectivity index (χ2v) is 5.17. The van der Waals surface area contributed by atoms with E-state index in [1.807, 2.05) is 0 Å². The van der Waals surface area contributed by atoms with Gasteiger partial charge in [0.25, 0.3) is 11.8 Å². The molecule has 2 aromatic rings. The number of nitrogens with one attached hydrogen (secondary N) is 2. The number of carbonyl (C=O) groups excluding carboxylic acids is 2. The zero-order chi connectivity index (χ0) is 18.1. The van der Waals surface area contributed by atoms with Crippen LogP contribution in [0.3, 0.4) is 0 Å². The van der Waals surface area contributed by atoms with Crippen LogP contribution < -0.4 is 15.6 Å². The molecule has 0 saturated heterocycles. The lowest BCUT2D eigenvalue weighted by molar-refractivity contribution is -0.126. The molecule has 0 heterocycles. The van der Waals surface area contributed by atoms with Crippen LogP contribution in [0, 0.1) is 0 Å². The highest BCUT2D eigenvalue weighted by molar-refractivity contribution is 6.33. The predicted octanol–water partition coefficient (Wildman–Crippen LogP) is 2.16. The number of benzene rings is 2. The molecule has 0 bridgehead atoms. The first kappa shape index (κ1) is 18.3. The van der Waals surface area contributed by atoms with E-state index in [1.165, 1.54) is 6.21 Å². The van der Waals surface area contributed by atoms with E-state index in [-0.39, 0.29) is 17.2 Å². The molecular formula is C17H16ClN3O4. The van der Waals surface area contributed by atoms with Crippen LogP contribution in [0.4, 0.5) is 0 Å². The molecule has 0 atom stereocenters. The van der Waals surface area contributed by atoms with E-state index in [9.17, 15) is 9.59 Å². The average Bonchev–Trinajstić information content (AvgIpc) is 2.64. The maximum Gasteiger partial charge on any atom is 0.279 e. The van der Waals surface area contributed by atoms with Crippen LogP contribution in [0.1, 0.15) is 15.9 Å². The number of ether oxygens (including phenoxy) is 1. The summed E-state index contributed by atoms with van der Waals surface area (Å²) in [7, 11) is 1.58. The van der Waals surface area contributed by atoms with Crippen LogP contribution in [-0.2, 0) is 9.63 Å². The summed E-state index contributed by atoms with van der Waals surface area (Å²) in [6.45, 7) is -0.352. The highest BCUT2D eigenvalue weighted by Gasteiger charge is 2.10. The lowest BCUT2D eigenvalue weighted by Crippen LogP contribution is -2.43. The monoisotopic (exact) mass is 361 g/mol. The van der Waals surface area contributed by atoms with E-state index >= 15 is 0 Å². The maximum atomic E-state index is 11.8. The van der Waals surface area contributed by atoms with Crippen molar-refractivity contribution in [3.05, 3.63) is 64.7 Å². The van der Waals surface area contributed by atoms with Gasteiger partial charge in [-0.05, 0) is 42.0 Å². The van der Waals surface area contributed by atoms with Crippen molar-refractivity contribution in [2.24, 2.45) is 5.16 Å². The molecule has 0 spiro atoms. The Labute approximate surface area is 149 Å². The number of oxime groups is 1. The zero-order valence-electron chi connectivity index (χ0n) is 13.4. The Balaban J connectivity index is 1.72. The van der Waals surface area contributed by atoms with Crippen LogP contribution in [0.25, 0.3) is 0 Å². The summed E-state index contributed by atoms with van der Waals surface area (Å²) in [5.41, 5.74) is 5.49. The first-order valence-electron chi connectivity index (χ1n) is 7.23. The number of hydrazine groups is 1. The SMILES string of the molecule is COc1ccc(/C=N\OCC(=O)NNC(=O)c2ccccc2Cl)cc1. The van der Waals surface area contributed by atoms with E-state index in [1.54, 1.807) is 55.6 Å². The normalized spacial score (nSPS) is 10.3. The number of halogens is 1. The Morgan fingerprint density at radius 1 is 1.12 bits per heavy atom. The van der Waals surface area contributed by atoms with Gasteiger partial charge in [0.1, 0.15) is 5.75 Å². The van der Waals surface area contributed by atoms with E-state index in [0.29, 0.717) is 0 Å². The smallest absolute Gasteiger partial charge is 0.279 e. The minimum Gasteiger partial charge on any atom is -0.497 e. The highest BCUT2D eigenvalue weighted by atomic mass is 35.5. The molecular weight excluding hydrogens is 346 g/mol. The first-order valence-corrected chi connectivity index (χ1v) is 7.61. The Kier molecular flexibility index (Phi) is 6.79. The minimum absolute atomic E-state index is 0.253. The van der Waals surface area contributed by atoms with Crippen LogP contribution in [-0.4, -0.2) is 31.7 Å². The van der Waals surface area contributed by atoms with Crippen LogP contribution in [0.15, 0.2) is 53.7 Å². The molecule has 0 aliphatic carbocycles. The summed E-state index contributed by atoms with van der Waals surface area (Å²) in [5.74, 6) is -0.361. The Bertz CT molecular complexity index is 763. The van der Waals surface area contributed by atoms with Crippen molar-refractivity contribution in [1.29, 1.82) is 0 Å². The van der Waals surface area contributed by atoms with Crippen molar-refractivity contribution in [3.63, 3.8) is 0 Å². The minimum atomic E-state index is -0.563. The van der Waals surface area contributed by atoms with Crippen LogP contribution >= 0.6 is 11.6 Å². The predicted molar refractivity (Wildman–Crippen MR) is 93.6 cm³/mol. The molecule has 7 nitrogen and oxygen atoms in total. The fourth-order valence-electron chi connectivity index (χ4n) is 1.76. The van der Waals surface area contributed by atoms with Gasteiger partial charge >= 0.3 is 0 Å². The summed E-state index contributed by atoms with van der Waals surface area (Å²) in [5, 5.41) is 3.96. The third-order valence-corrected chi connectivity index (χ3v) is 3.35. The molecule has 2 rings (SSSR count). The summed E-state index contributed by atoms with van der Waals surface area (Å²) < 4.78 is 5.04. The van der Waals surface area contributed by atoms with Crippen LogP contribution in [0.5, 0.6) is 5.75 Å². The Hall–Kier alpha value is -3.06. The number of rotatable bonds is 6. The molecule has 0 aromatic heterocycles. The molecule has 2 N–H and O–H groups in total. The number of amides is 2. The van der Waals surface area contributed by atoms with E-state index in [0.717, 1.165) is 11.3 Å². The standard InChI is InChI=1S/C17H16ClN3O4/c1-24-13-8-6-12(7-9-13)10-19-25-11-16(22)20-21-17(23)14-4-2-3-5-15(14)18/h2-10H,11H2,1H3,(H,20,22)(H,21,23)/b19-10-. The lowest BCUT2D eigenvalue weighted by atomic mass is 10.2. The van der Waals surface area contributed by atoms with Gasteiger partial charge in [0.15, 0.2) is 6.61 Å². The van der Waals surface area contributed by atoms with Crippen molar-refractivity contribution in [2.75, 3.05) is 13.7 Å². The number of carbonyl (C=O) groups is 2. The van der Waals surface area contributed by atoms with Gasteiger partial charge in [0.05, 0.1) is 23.9 Å². The van der Waals surface area contributed by atoms with Crippen LogP contribution in [0.2, 0.25) is 5.02 Å². The quantitative estimate of drug-likeness (QED) is 0.609. The third-order valence-electron chi connectivity index (χ3n) is 3.02. The summed E-state index contributed by atoms with van der Waals surface area (Å²) >= 11 is 5.89. The lowest BCUT2D eigenvalue weighted by Gasteiger charge is -2.07. The molecule has 25 heavy (non-hydrogen) atoms. The number of methoxy groups -OCH3 is 1. The highest BCUT2D eigenvalue weighted by Crippen LogP contribution is 2.14. The van der Waals surface area contributed by atoms with E-state index < -0.39 is 11.8 Å². The third kappa shape index (κ3) is 5.82. The van der Waals surface area contributed by atoms with Gasteiger partial charge in [0, 0.05) is 0 Å². The number of hydrogen-bond acceptors (Lipinski definition) is 5. The number of nitrogens with zero attached hydrogens (tertiary/aromatic N) is 1. The van der Waals surface area contributed by atoms with Gasteiger partial charge in [-0.15, -0.1) is 0 Å². The van der Waals surface area contributed by atoms with Crippen molar-refractivity contribution in [3.8, 4) is 5.75 Å². The maximum absolute atomic E-state index is 11.8. The van der Waals surface area contributed by atoms with Gasteiger partial charge < -0.3 is 9.57 Å². The number of hydrogen-bond donors (Lipinski definition) is 2. The topological polar surface area (TPSA) is 89.0 Å². The molecule has 2 amide bonds. The second kappa shape index (κ2) is 9.29. The molecule has 0 aliphatic heterocycles. The van der Waals surface area contributed by atoms with Crippen molar-refractivity contribution in [2.45, 2.75) is 0 Å². The van der Waals surface area contributed by atoms with Gasteiger partial charge in [-0.1, -0.05) is 28.9 Å². The fourth-order valence-corrected chi connectivity index (χ4v) is 1.98. The fraction of sp³-hybridized carbons (Fsp3) is 0.118. The summed E-state index contributed by atoms with van der Waals surface area (Å²) in [4.78, 5) is 28.3. The molecule has 0 saturated carbocycles. The zero-order valence-corrected chi connectivity index (χ0v) is 14.1. The molecule has 0 unspecified atom stereocenters. The largest absolute Gasteiger partial charge is 0.497 e. The van der Waals surface area contributed by atoms with Gasteiger partial charge in [-0.25, -0.2) is 0 Å². The van der Waals surface area contributed by atoms with Gasteiger partial charge in [0.2, 0.25) is 0 Å². The molecule has 130 valence electrons. The Morgan fingerprint density at radius 2 is 1.84 bits per heavy atom. The molecule has 2 aromatic carbocycles. The molecule has 0 fully saturated rings. The van der Waals surface area contributed by atoms with E-state index in [2.05, 4.69) is 16.0 Å². The van der Waals surface area contributed by atoms with Crippen molar-refractivity contribution >= 4 is 29.6 Å². The second-order valence-electron chi connectivity index (χ2n) is 4.76. The molecule has 0 radical (unpaired) electrons.